The van der Waals surface area contributed by atoms with E-state index in [2.05, 4.69) is 170 Å². The number of hydrogen-bond donors (Lipinski definition) is 0. The van der Waals surface area contributed by atoms with Crippen molar-refractivity contribution in [3.63, 3.8) is 0 Å². The first-order valence-electron chi connectivity index (χ1n) is 17.4. The lowest BCUT2D eigenvalue weighted by molar-refractivity contribution is 0.584. The number of rotatable bonds is 7. The maximum Gasteiger partial charge on any atom is 0.248 e. The van der Waals surface area contributed by atoms with Gasteiger partial charge in [-0.1, -0.05) is 147 Å². The van der Waals surface area contributed by atoms with Gasteiger partial charge in [-0.15, -0.1) is 10.2 Å². The molecule has 0 saturated heterocycles. The largest absolute Gasteiger partial charge is 0.416 e. The third kappa shape index (κ3) is 4.97. The molecule has 50 heavy (non-hydrogen) atoms. The van der Waals surface area contributed by atoms with Crippen LogP contribution in [0.15, 0.2) is 168 Å². The minimum Gasteiger partial charge on any atom is -0.416 e. The lowest BCUT2D eigenvalue weighted by atomic mass is 9.67. The monoisotopic (exact) mass is 644 g/mol. The van der Waals surface area contributed by atoms with E-state index in [1.54, 1.807) is 0 Å². The summed E-state index contributed by atoms with van der Waals surface area (Å²) in [7, 11) is 0. The molecule has 0 radical (unpaired) electrons. The molecular weight excluding hydrogens is 609 g/mol. The summed E-state index contributed by atoms with van der Waals surface area (Å²) in [4.78, 5) is 0. The topological polar surface area (TPSA) is 38.9 Å². The van der Waals surface area contributed by atoms with Gasteiger partial charge in [-0.25, -0.2) is 0 Å². The Morgan fingerprint density at radius 3 is 1.78 bits per heavy atom. The van der Waals surface area contributed by atoms with E-state index in [0.717, 1.165) is 34.1 Å². The van der Waals surface area contributed by atoms with Crippen molar-refractivity contribution < 1.29 is 4.42 Å². The van der Waals surface area contributed by atoms with Crippen LogP contribution in [0.3, 0.4) is 0 Å². The minimum atomic E-state index is -0.442. The second-order valence-electron chi connectivity index (χ2n) is 13.8. The molecule has 7 aromatic carbocycles. The van der Waals surface area contributed by atoms with Gasteiger partial charge in [0.15, 0.2) is 0 Å². The molecular formula is C47H36N2O. The van der Waals surface area contributed by atoms with E-state index in [1.165, 1.54) is 44.3 Å². The second-order valence-corrected chi connectivity index (χ2v) is 13.8. The lowest BCUT2D eigenvalue weighted by Crippen LogP contribution is -2.28. The predicted molar refractivity (Wildman–Crippen MR) is 204 cm³/mol. The molecule has 0 amide bonds. The average molecular weight is 645 g/mol. The molecule has 1 aromatic heterocycles. The average Bonchev–Trinajstić information content (AvgIpc) is 3.78. The molecule has 0 fully saturated rings. The van der Waals surface area contributed by atoms with Crippen LogP contribution < -0.4 is 0 Å². The van der Waals surface area contributed by atoms with E-state index in [0.29, 0.717) is 17.7 Å². The number of benzene rings is 7. The molecule has 0 N–H and O–H groups in total. The number of hydrogen-bond acceptors (Lipinski definition) is 3. The van der Waals surface area contributed by atoms with Crippen molar-refractivity contribution >= 4 is 10.8 Å². The summed E-state index contributed by atoms with van der Waals surface area (Å²) >= 11 is 0. The van der Waals surface area contributed by atoms with Crippen molar-refractivity contribution in [2.24, 2.45) is 5.92 Å². The van der Waals surface area contributed by atoms with Crippen LogP contribution in [-0.4, -0.2) is 10.2 Å². The van der Waals surface area contributed by atoms with Crippen LogP contribution in [0.2, 0.25) is 0 Å². The third-order valence-electron chi connectivity index (χ3n) is 10.2. The van der Waals surface area contributed by atoms with Gasteiger partial charge in [0.25, 0.3) is 0 Å². The van der Waals surface area contributed by atoms with Crippen LogP contribution in [0.25, 0.3) is 55.9 Å². The zero-order valence-electron chi connectivity index (χ0n) is 28.2. The fraction of sp³-hybridized carbons (Fsp3) is 0.106. The normalized spacial score (nSPS) is 13.0. The lowest BCUT2D eigenvalue weighted by Gasteiger charge is -2.34. The third-order valence-corrected chi connectivity index (χ3v) is 10.2. The molecule has 9 rings (SSSR count). The zero-order valence-corrected chi connectivity index (χ0v) is 28.2. The standard InChI is InChI=1S/C47H36N2O/c1-31(2)28-32-18-26-39(27-19-32)47(43-16-7-5-14-41(43)42-15-6-8-17-44(42)47)40-13-9-12-37(30-40)34-20-23-35(24-21-34)45-48-49-46(50-45)38-25-22-33-10-3-4-11-36(33)29-38/h3-27,29-31H,28H2,1-2H3. The quantitative estimate of drug-likeness (QED) is 0.173. The van der Waals surface area contributed by atoms with Crippen LogP contribution in [0.4, 0.5) is 0 Å². The van der Waals surface area contributed by atoms with Crippen molar-refractivity contribution in [1.82, 2.24) is 10.2 Å². The van der Waals surface area contributed by atoms with Crippen molar-refractivity contribution in [3.05, 3.63) is 192 Å². The van der Waals surface area contributed by atoms with Crippen LogP contribution in [0.5, 0.6) is 0 Å². The van der Waals surface area contributed by atoms with Crippen molar-refractivity contribution in [1.29, 1.82) is 0 Å². The number of nitrogens with zero attached hydrogens (tertiary/aromatic N) is 2. The van der Waals surface area contributed by atoms with Gasteiger partial charge in [-0.3, -0.25) is 0 Å². The molecule has 0 bridgehead atoms. The fourth-order valence-electron chi connectivity index (χ4n) is 7.90. The summed E-state index contributed by atoms with van der Waals surface area (Å²) in [5.41, 5.74) is 12.8. The van der Waals surface area contributed by atoms with Crippen molar-refractivity contribution in [2.75, 3.05) is 0 Å². The van der Waals surface area contributed by atoms with Gasteiger partial charge in [0.2, 0.25) is 11.8 Å². The predicted octanol–water partition coefficient (Wildman–Crippen LogP) is 11.8. The molecule has 0 saturated carbocycles. The van der Waals surface area contributed by atoms with E-state index in [-0.39, 0.29) is 0 Å². The Balaban J connectivity index is 1.10. The molecule has 8 aromatic rings. The highest BCUT2D eigenvalue weighted by Gasteiger charge is 2.45. The minimum absolute atomic E-state index is 0.442. The summed E-state index contributed by atoms with van der Waals surface area (Å²) in [6, 6.07) is 59.2. The maximum atomic E-state index is 6.17. The molecule has 1 heterocycles. The van der Waals surface area contributed by atoms with Crippen LogP contribution in [0.1, 0.15) is 41.7 Å². The first-order chi connectivity index (χ1) is 24.6. The highest BCUT2D eigenvalue weighted by Crippen LogP contribution is 2.56. The summed E-state index contributed by atoms with van der Waals surface area (Å²) in [5.74, 6) is 1.63. The van der Waals surface area contributed by atoms with Gasteiger partial charge < -0.3 is 4.42 Å². The van der Waals surface area contributed by atoms with Gasteiger partial charge >= 0.3 is 0 Å². The van der Waals surface area contributed by atoms with E-state index >= 15 is 0 Å². The molecule has 3 heteroatoms. The summed E-state index contributed by atoms with van der Waals surface area (Å²) < 4.78 is 6.17. The smallest absolute Gasteiger partial charge is 0.248 e. The highest BCUT2D eigenvalue weighted by molar-refractivity contribution is 5.87. The first-order valence-corrected chi connectivity index (χ1v) is 17.4. The van der Waals surface area contributed by atoms with Gasteiger partial charge in [-0.05, 0) is 104 Å². The van der Waals surface area contributed by atoms with Crippen LogP contribution in [-0.2, 0) is 11.8 Å². The van der Waals surface area contributed by atoms with Crippen LogP contribution >= 0.6 is 0 Å². The molecule has 0 unspecified atom stereocenters. The summed E-state index contributed by atoms with van der Waals surface area (Å²) in [5, 5.41) is 11.1. The SMILES string of the molecule is CC(C)Cc1ccc(C2(c3cccc(-c4ccc(-c5nnc(-c6ccc7ccccc7c6)o5)cc4)c3)c3ccccc3-c3ccccc32)cc1. The van der Waals surface area contributed by atoms with Gasteiger partial charge in [0, 0.05) is 11.1 Å². The molecule has 3 nitrogen and oxygen atoms in total. The molecule has 0 spiro atoms. The Bertz CT molecular complexity index is 2440. The van der Waals surface area contributed by atoms with Gasteiger partial charge in [0.1, 0.15) is 0 Å². The molecule has 1 aliphatic carbocycles. The first kappa shape index (κ1) is 30.0. The Kier molecular flexibility index (Phi) is 7.28. The summed E-state index contributed by atoms with van der Waals surface area (Å²) in [6.07, 6.45) is 1.07. The van der Waals surface area contributed by atoms with Crippen molar-refractivity contribution in [2.45, 2.75) is 25.7 Å². The molecule has 240 valence electrons. The highest BCUT2D eigenvalue weighted by atomic mass is 16.4. The Labute approximate surface area is 292 Å². The summed E-state index contributed by atoms with van der Waals surface area (Å²) in [6.45, 7) is 4.56. The fourth-order valence-corrected chi connectivity index (χ4v) is 7.90. The maximum absolute atomic E-state index is 6.17. The second kappa shape index (κ2) is 12.1. The molecule has 0 aliphatic heterocycles. The Morgan fingerprint density at radius 1 is 0.480 bits per heavy atom. The van der Waals surface area contributed by atoms with Gasteiger partial charge in [-0.2, -0.15) is 0 Å². The molecule has 1 aliphatic rings. The van der Waals surface area contributed by atoms with Gasteiger partial charge in [0.05, 0.1) is 5.41 Å². The van der Waals surface area contributed by atoms with Crippen LogP contribution in [0, 0.1) is 5.92 Å². The number of fused-ring (bicyclic) bond motifs is 4. The Morgan fingerprint density at radius 2 is 1.08 bits per heavy atom. The van der Waals surface area contributed by atoms with Crippen molar-refractivity contribution in [3.8, 4) is 45.2 Å². The van der Waals surface area contributed by atoms with E-state index < -0.39 is 5.41 Å². The zero-order chi connectivity index (χ0) is 33.7. The molecule has 0 atom stereocenters. The van der Waals surface area contributed by atoms with E-state index in [1.807, 2.05) is 18.2 Å². The van der Waals surface area contributed by atoms with E-state index in [9.17, 15) is 0 Å². The number of aromatic nitrogens is 2. The Hall–Kier alpha value is -6.06. The van der Waals surface area contributed by atoms with E-state index in [4.69, 9.17) is 4.42 Å².